The van der Waals surface area contributed by atoms with E-state index >= 15 is 0 Å². The fourth-order valence-corrected chi connectivity index (χ4v) is 2.22. The summed E-state index contributed by atoms with van der Waals surface area (Å²) in [6, 6.07) is 13.2. The molecule has 2 aromatic rings. The molecule has 2 rings (SSSR count). The van der Waals surface area contributed by atoms with Gasteiger partial charge in [0.15, 0.2) is 0 Å². The Balaban J connectivity index is 1.86. The molecule has 0 aliphatic carbocycles. The molecule has 0 radical (unpaired) electrons. The van der Waals surface area contributed by atoms with Crippen LogP contribution in [-0.2, 0) is 6.54 Å². The minimum atomic E-state index is 0.412. The molecule has 5 heteroatoms. The summed E-state index contributed by atoms with van der Waals surface area (Å²) in [7, 11) is 0. The molecule has 0 unspecified atom stereocenters. The lowest BCUT2D eigenvalue weighted by molar-refractivity contribution is 0.216. The predicted molar refractivity (Wildman–Crippen MR) is 84.5 cm³/mol. The molecule has 3 nitrogen and oxygen atoms in total. The molecule has 2 N–H and O–H groups in total. The van der Waals surface area contributed by atoms with Crippen molar-refractivity contribution in [3.63, 3.8) is 0 Å². The molecule has 0 atom stereocenters. The summed E-state index contributed by atoms with van der Waals surface area (Å²) in [5.41, 5.74) is 6.63. The van der Waals surface area contributed by atoms with E-state index < -0.39 is 0 Å². The van der Waals surface area contributed by atoms with Crippen molar-refractivity contribution in [2.24, 2.45) is 5.73 Å². The van der Waals surface area contributed by atoms with Gasteiger partial charge in [0.1, 0.15) is 24.7 Å². The molecule has 0 spiro atoms. The Morgan fingerprint density at radius 3 is 2.45 bits per heavy atom. The highest BCUT2D eigenvalue weighted by Crippen LogP contribution is 2.27. The van der Waals surface area contributed by atoms with Crippen molar-refractivity contribution in [1.29, 1.82) is 0 Å². The van der Waals surface area contributed by atoms with E-state index in [1.807, 2.05) is 36.4 Å². The molecular weight excluding hydrogens is 342 g/mol. The Morgan fingerprint density at radius 1 is 1.00 bits per heavy atom. The molecule has 0 heterocycles. The van der Waals surface area contributed by atoms with Crippen LogP contribution < -0.4 is 15.2 Å². The van der Waals surface area contributed by atoms with Crippen LogP contribution in [0.3, 0.4) is 0 Å². The van der Waals surface area contributed by atoms with Crippen LogP contribution in [-0.4, -0.2) is 13.2 Å². The van der Waals surface area contributed by atoms with Gasteiger partial charge in [-0.3, -0.25) is 0 Å². The quantitative estimate of drug-likeness (QED) is 0.795. The number of benzene rings is 2. The van der Waals surface area contributed by atoms with Crippen LogP contribution in [0.15, 0.2) is 46.9 Å². The molecule has 0 fully saturated rings. The second-order valence-corrected chi connectivity index (χ2v) is 5.41. The van der Waals surface area contributed by atoms with Crippen molar-refractivity contribution >= 4 is 27.5 Å². The van der Waals surface area contributed by atoms with E-state index in [0.717, 1.165) is 15.8 Å². The van der Waals surface area contributed by atoms with E-state index in [2.05, 4.69) is 15.9 Å². The van der Waals surface area contributed by atoms with E-state index in [9.17, 15) is 0 Å². The van der Waals surface area contributed by atoms with Gasteiger partial charge in [-0.05, 0) is 24.3 Å². The van der Waals surface area contributed by atoms with Gasteiger partial charge in [-0.1, -0.05) is 45.7 Å². The van der Waals surface area contributed by atoms with Crippen LogP contribution in [0.1, 0.15) is 5.56 Å². The Labute approximate surface area is 131 Å². The van der Waals surface area contributed by atoms with Gasteiger partial charge in [-0.25, -0.2) is 0 Å². The zero-order chi connectivity index (χ0) is 14.4. The molecule has 0 saturated heterocycles. The largest absolute Gasteiger partial charge is 0.490 e. The summed E-state index contributed by atoms with van der Waals surface area (Å²) in [5, 5.41) is 0.579. The predicted octanol–water partition coefficient (Wildman–Crippen LogP) is 4.02. The average molecular weight is 357 g/mol. The van der Waals surface area contributed by atoms with Gasteiger partial charge in [0.2, 0.25) is 0 Å². The SMILES string of the molecule is NCc1ccccc1OCCOc1cc(Br)ccc1Cl. The number of hydrogen-bond donors (Lipinski definition) is 1. The second-order valence-electron chi connectivity index (χ2n) is 4.08. The number of halogens is 2. The fourth-order valence-electron chi connectivity index (χ4n) is 1.70. The van der Waals surface area contributed by atoms with Crippen LogP contribution in [0.5, 0.6) is 11.5 Å². The van der Waals surface area contributed by atoms with E-state index in [-0.39, 0.29) is 0 Å². The molecule has 0 aliphatic rings. The highest BCUT2D eigenvalue weighted by Gasteiger charge is 2.04. The Hall–Kier alpha value is -1.23. The summed E-state index contributed by atoms with van der Waals surface area (Å²) < 4.78 is 12.2. The summed E-state index contributed by atoms with van der Waals surface area (Å²) in [4.78, 5) is 0. The molecule has 0 saturated carbocycles. The zero-order valence-corrected chi connectivity index (χ0v) is 13.2. The third-order valence-corrected chi connectivity index (χ3v) is 3.49. The highest BCUT2D eigenvalue weighted by atomic mass is 79.9. The Kier molecular flexibility index (Phi) is 5.71. The zero-order valence-electron chi connectivity index (χ0n) is 10.8. The van der Waals surface area contributed by atoms with Gasteiger partial charge in [0.25, 0.3) is 0 Å². The maximum Gasteiger partial charge on any atom is 0.139 e. The van der Waals surface area contributed by atoms with Gasteiger partial charge in [-0.15, -0.1) is 0 Å². The summed E-state index contributed by atoms with van der Waals surface area (Å²) >= 11 is 9.41. The summed E-state index contributed by atoms with van der Waals surface area (Å²) in [5.74, 6) is 1.43. The molecule has 0 aromatic heterocycles. The number of para-hydroxylation sites is 1. The first kappa shape index (κ1) is 15.2. The topological polar surface area (TPSA) is 44.5 Å². The lowest BCUT2D eigenvalue weighted by Gasteiger charge is -2.12. The van der Waals surface area contributed by atoms with E-state index in [0.29, 0.717) is 30.5 Å². The number of nitrogens with two attached hydrogens (primary N) is 1. The highest BCUT2D eigenvalue weighted by molar-refractivity contribution is 9.10. The lowest BCUT2D eigenvalue weighted by Crippen LogP contribution is -2.11. The monoisotopic (exact) mass is 355 g/mol. The van der Waals surface area contributed by atoms with Crippen molar-refractivity contribution < 1.29 is 9.47 Å². The van der Waals surface area contributed by atoms with Crippen LogP contribution in [0, 0.1) is 0 Å². The first-order chi connectivity index (χ1) is 9.70. The summed E-state index contributed by atoms with van der Waals surface area (Å²) in [6.07, 6.45) is 0. The Bertz CT molecular complexity index is 578. The van der Waals surface area contributed by atoms with Crippen molar-refractivity contribution in [1.82, 2.24) is 0 Å². The van der Waals surface area contributed by atoms with E-state index in [1.54, 1.807) is 6.07 Å². The van der Waals surface area contributed by atoms with Gasteiger partial charge in [0.05, 0.1) is 5.02 Å². The van der Waals surface area contributed by atoms with Crippen LogP contribution in [0.4, 0.5) is 0 Å². The van der Waals surface area contributed by atoms with Crippen molar-refractivity contribution in [3.05, 3.63) is 57.5 Å². The fraction of sp³-hybridized carbons (Fsp3) is 0.200. The maximum absolute atomic E-state index is 6.04. The lowest BCUT2D eigenvalue weighted by atomic mass is 10.2. The Morgan fingerprint density at radius 2 is 1.70 bits per heavy atom. The molecule has 106 valence electrons. The van der Waals surface area contributed by atoms with E-state index in [1.165, 1.54) is 0 Å². The first-order valence-corrected chi connectivity index (χ1v) is 7.36. The smallest absolute Gasteiger partial charge is 0.139 e. The molecule has 2 aromatic carbocycles. The van der Waals surface area contributed by atoms with Crippen LogP contribution in [0.25, 0.3) is 0 Å². The van der Waals surface area contributed by atoms with Gasteiger partial charge >= 0.3 is 0 Å². The van der Waals surface area contributed by atoms with E-state index in [4.69, 9.17) is 26.8 Å². The third kappa shape index (κ3) is 4.13. The minimum Gasteiger partial charge on any atom is -0.490 e. The van der Waals surface area contributed by atoms with Crippen molar-refractivity contribution in [2.45, 2.75) is 6.54 Å². The normalized spacial score (nSPS) is 10.3. The standard InChI is InChI=1S/C15H15BrClNO2/c16-12-5-6-13(17)15(9-12)20-8-7-19-14-4-2-1-3-11(14)10-18/h1-6,9H,7-8,10,18H2. The van der Waals surface area contributed by atoms with Crippen molar-refractivity contribution in [3.8, 4) is 11.5 Å². The first-order valence-electron chi connectivity index (χ1n) is 6.19. The molecule has 0 amide bonds. The molecule has 20 heavy (non-hydrogen) atoms. The summed E-state index contributed by atoms with van der Waals surface area (Å²) in [6.45, 7) is 1.30. The van der Waals surface area contributed by atoms with Crippen LogP contribution in [0.2, 0.25) is 5.02 Å². The molecular formula is C15H15BrClNO2. The van der Waals surface area contributed by atoms with Gasteiger partial charge in [0, 0.05) is 16.6 Å². The second kappa shape index (κ2) is 7.53. The molecule has 0 aliphatic heterocycles. The van der Waals surface area contributed by atoms with Gasteiger partial charge < -0.3 is 15.2 Å². The van der Waals surface area contributed by atoms with Gasteiger partial charge in [-0.2, -0.15) is 0 Å². The number of ether oxygens (including phenoxy) is 2. The molecule has 0 bridgehead atoms. The van der Waals surface area contributed by atoms with Crippen LogP contribution >= 0.6 is 27.5 Å². The minimum absolute atomic E-state index is 0.412. The maximum atomic E-state index is 6.04. The average Bonchev–Trinajstić information content (AvgIpc) is 2.47. The number of rotatable bonds is 6. The van der Waals surface area contributed by atoms with Crippen molar-refractivity contribution in [2.75, 3.05) is 13.2 Å². The third-order valence-electron chi connectivity index (χ3n) is 2.68. The number of hydrogen-bond acceptors (Lipinski definition) is 3.